The molecule has 0 aliphatic carbocycles. The van der Waals surface area contributed by atoms with Gasteiger partial charge in [0.05, 0.1) is 15.6 Å². The highest BCUT2D eigenvalue weighted by molar-refractivity contribution is 6.39. The normalized spacial score (nSPS) is 12.8. The first-order chi connectivity index (χ1) is 12.4. The second-order valence-electron chi connectivity index (χ2n) is 5.46. The Morgan fingerprint density at radius 3 is 2.00 bits per heavy atom. The predicted octanol–water partition coefficient (Wildman–Crippen LogP) is 5.93. The van der Waals surface area contributed by atoms with Crippen molar-refractivity contribution in [1.29, 1.82) is 0 Å². The lowest BCUT2D eigenvalue weighted by Crippen LogP contribution is -2.17. The zero-order valence-corrected chi connectivity index (χ0v) is 14.7. The van der Waals surface area contributed by atoms with E-state index >= 15 is 0 Å². The topological polar surface area (TPSA) is 54.5 Å². The number of rotatable bonds is 2. The first-order valence-electron chi connectivity index (χ1n) is 7.32. The second kappa shape index (κ2) is 6.52. The number of nitrogens with one attached hydrogen (secondary N) is 1. The highest BCUT2D eigenvalue weighted by Gasteiger charge is 2.42. The molecule has 0 radical (unpaired) electrons. The third kappa shape index (κ3) is 3.68. The summed E-state index contributed by atoms with van der Waals surface area (Å²) in [5, 5.41) is 0.159. The van der Waals surface area contributed by atoms with Crippen molar-refractivity contribution in [1.82, 2.24) is 19.9 Å². The summed E-state index contributed by atoms with van der Waals surface area (Å²) >= 11 is 12.3. The van der Waals surface area contributed by atoms with Crippen LogP contribution in [0.2, 0.25) is 10.0 Å². The minimum Gasteiger partial charge on any atom is -0.335 e. The number of imidazole rings is 1. The number of fused-ring (bicyclic) bond motifs is 1. The average Bonchev–Trinajstić information content (AvgIpc) is 2.94. The monoisotopic (exact) mass is 428 g/mol. The van der Waals surface area contributed by atoms with Gasteiger partial charge >= 0.3 is 12.4 Å². The van der Waals surface area contributed by atoms with Gasteiger partial charge < -0.3 is 4.98 Å². The van der Waals surface area contributed by atoms with Crippen molar-refractivity contribution in [3.05, 3.63) is 39.3 Å². The van der Waals surface area contributed by atoms with E-state index in [-0.39, 0.29) is 21.4 Å². The third-order valence-electron chi connectivity index (χ3n) is 3.62. The molecule has 0 aliphatic rings. The molecule has 0 aliphatic heterocycles. The van der Waals surface area contributed by atoms with Crippen LogP contribution in [0, 0.1) is 0 Å². The van der Waals surface area contributed by atoms with Gasteiger partial charge in [-0.15, -0.1) is 0 Å². The Hall–Kier alpha value is -2.07. The Kier molecular flexibility index (Phi) is 4.75. The lowest BCUT2D eigenvalue weighted by Gasteiger charge is -2.10. The highest BCUT2D eigenvalue weighted by Crippen LogP contribution is 2.39. The van der Waals surface area contributed by atoms with E-state index in [0.717, 1.165) is 5.56 Å². The number of hydrogen-bond acceptors (Lipinski definition) is 3. The van der Waals surface area contributed by atoms with Gasteiger partial charge in [-0.1, -0.05) is 30.1 Å². The van der Waals surface area contributed by atoms with Crippen molar-refractivity contribution in [3.63, 3.8) is 0 Å². The second-order valence-corrected chi connectivity index (χ2v) is 6.28. The van der Waals surface area contributed by atoms with Crippen LogP contribution in [0.5, 0.6) is 0 Å². The van der Waals surface area contributed by atoms with E-state index in [1.54, 1.807) is 0 Å². The van der Waals surface area contributed by atoms with Crippen molar-refractivity contribution in [3.8, 4) is 11.4 Å². The first-order valence-corrected chi connectivity index (χ1v) is 8.07. The zero-order valence-electron chi connectivity index (χ0n) is 13.2. The van der Waals surface area contributed by atoms with Gasteiger partial charge in [-0.2, -0.15) is 26.3 Å². The fraction of sp³-hybridized carbons (Fsp3) is 0.267. The minimum absolute atomic E-state index is 0.0511. The quantitative estimate of drug-likeness (QED) is 0.514. The molecular formula is C15H8Cl2F6N4. The van der Waals surface area contributed by atoms with Gasteiger partial charge in [-0.05, 0) is 24.1 Å². The van der Waals surface area contributed by atoms with Crippen molar-refractivity contribution in [2.75, 3.05) is 0 Å². The molecule has 0 saturated heterocycles. The van der Waals surface area contributed by atoms with Gasteiger partial charge in [0.1, 0.15) is 11.3 Å². The van der Waals surface area contributed by atoms with Crippen LogP contribution >= 0.6 is 23.2 Å². The van der Waals surface area contributed by atoms with Crippen LogP contribution in [0.25, 0.3) is 22.6 Å². The molecule has 0 bridgehead atoms. The maximum atomic E-state index is 13.2. The summed E-state index contributed by atoms with van der Waals surface area (Å²) < 4.78 is 78.2. The number of benzene rings is 1. The average molecular weight is 429 g/mol. The standard InChI is InChI=1S/C15H8Cl2F6N4/c1-2-5-3-6(16)8(7(17)4-5)11-24-9-10(14(18,19)20)25-13(15(21,22)23)27-12(9)26-11/h3-4H,2H2,1H3,(H,24,25,26,27). The number of hydrogen-bond donors (Lipinski definition) is 1. The smallest absolute Gasteiger partial charge is 0.335 e. The number of aryl methyl sites for hydroxylation is 1. The Balaban J connectivity index is 2.30. The largest absolute Gasteiger partial charge is 0.451 e. The molecule has 3 rings (SSSR count). The van der Waals surface area contributed by atoms with Crippen LogP contribution < -0.4 is 0 Å². The van der Waals surface area contributed by atoms with E-state index in [9.17, 15) is 26.3 Å². The molecule has 3 aromatic rings. The minimum atomic E-state index is -5.18. The summed E-state index contributed by atoms with van der Waals surface area (Å²) in [4.78, 5) is 11.7. The molecule has 2 aromatic heterocycles. The van der Waals surface area contributed by atoms with Gasteiger partial charge in [0.15, 0.2) is 11.3 Å². The molecule has 12 heteroatoms. The number of H-pyrrole nitrogens is 1. The van der Waals surface area contributed by atoms with Gasteiger partial charge in [-0.25, -0.2) is 15.0 Å². The number of aromatic amines is 1. The fourth-order valence-electron chi connectivity index (χ4n) is 2.40. The first kappa shape index (κ1) is 19.7. The molecule has 2 heterocycles. The molecule has 0 saturated carbocycles. The number of halogens is 8. The molecule has 1 aromatic carbocycles. The highest BCUT2D eigenvalue weighted by atomic mass is 35.5. The molecule has 0 unspecified atom stereocenters. The Labute approximate surface area is 157 Å². The van der Waals surface area contributed by atoms with E-state index in [0.29, 0.717) is 6.42 Å². The summed E-state index contributed by atoms with van der Waals surface area (Å²) in [5.74, 6) is -2.19. The molecule has 27 heavy (non-hydrogen) atoms. The predicted molar refractivity (Wildman–Crippen MR) is 86.5 cm³/mol. The lowest BCUT2D eigenvalue weighted by molar-refractivity contribution is -0.151. The maximum Gasteiger partial charge on any atom is 0.451 e. The van der Waals surface area contributed by atoms with Crippen LogP contribution in [-0.2, 0) is 18.8 Å². The van der Waals surface area contributed by atoms with E-state index in [2.05, 4.69) is 19.9 Å². The number of aromatic nitrogens is 4. The Morgan fingerprint density at radius 2 is 1.52 bits per heavy atom. The van der Waals surface area contributed by atoms with Crippen LogP contribution in [-0.4, -0.2) is 19.9 Å². The van der Waals surface area contributed by atoms with Gasteiger partial charge in [0, 0.05) is 0 Å². The summed E-state index contributed by atoms with van der Waals surface area (Å²) in [6.45, 7) is 1.84. The zero-order chi connectivity index (χ0) is 20.1. The maximum absolute atomic E-state index is 13.2. The third-order valence-corrected chi connectivity index (χ3v) is 4.22. The van der Waals surface area contributed by atoms with E-state index < -0.39 is 35.0 Å². The molecule has 0 amide bonds. The molecule has 4 nitrogen and oxygen atoms in total. The molecule has 1 N–H and O–H groups in total. The molecule has 144 valence electrons. The van der Waals surface area contributed by atoms with Crippen LogP contribution in [0.1, 0.15) is 24.0 Å². The Morgan fingerprint density at radius 1 is 0.926 bits per heavy atom. The fourth-order valence-corrected chi connectivity index (χ4v) is 3.11. The van der Waals surface area contributed by atoms with Gasteiger partial charge in [0.2, 0.25) is 5.82 Å². The van der Waals surface area contributed by atoms with Crippen LogP contribution in [0.4, 0.5) is 26.3 Å². The summed E-state index contributed by atoms with van der Waals surface area (Å²) in [5.41, 5.74) is -2.56. The summed E-state index contributed by atoms with van der Waals surface area (Å²) in [6.07, 6.45) is -9.74. The van der Waals surface area contributed by atoms with Crippen molar-refractivity contribution in [2.24, 2.45) is 0 Å². The van der Waals surface area contributed by atoms with Crippen LogP contribution in [0.15, 0.2) is 12.1 Å². The molecule has 0 atom stereocenters. The van der Waals surface area contributed by atoms with E-state index in [1.165, 1.54) is 12.1 Å². The van der Waals surface area contributed by atoms with Gasteiger partial charge in [-0.3, -0.25) is 0 Å². The van der Waals surface area contributed by atoms with Gasteiger partial charge in [0.25, 0.3) is 0 Å². The summed E-state index contributed by atoms with van der Waals surface area (Å²) in [6, 6.07) is 3.07. The van der Waals surface area contributed by atoms with Crippen molar-refractivity contribution in [2.45, 2.75) is 25.7 Å². The Bertz CT molecular complexity index is 1000. The number of nitrogens with zero attached hydrogens (tertiary/aromatic N) is 3. The molecule has 0 spiro atoms. The van der Waals surface area contributed by atoms with Crippen molar-refractivity contribution >= 4 is 34.4 Å². The molecular weight excluding hydrogens is 421 g/mol. The van der Waals surface area contributed by atoms with Crippen LogP contribution in [0.3, 0.4) is 0 Å². The van der Waals surface area contributed by atoms with Crippen molar-refractivity contribution < 1.29 is 26.3 Å². The lowest BCUT2D eigenvalue weighted by atomic mass is 10.1. The SMILES string of the molecule is CCc1cc(Cl)c(-c2nc3nc(C(F)(F)F)nc(C(F)(F)F)c3[nH]2)c(Cl)c1. The number of alkyl halides is 6. The van der Waals surface area contributed by atoms with E-state index in [1.807, 2.05) is 6.92 Å². The molecule has 0 fully saturated rings. The van der Waals surface area contributed by atoms with E-state index in [4.69, 9.17) is 23.2 Å². The summed E-state index contributed by atoms with van der Waals surface area (Å²) in [7, 11) is 0.